The van der Waals surface area contributed by atoms with Crippen molar-refractivity contribution in [1.29, 1.82) is 0 Å². The number of hydrogen-bond acceptors (Lipinski definition) is 5. The number of ether oxygens (including phenoxy) is 1. The van der Waals surface area contributed by atoms with E-state index in [1.54, 1.807) is 11.1 Å². The third-order valence-electron chi connectivity index (χ3n) is 4.02. The van der Waals surface area contributed by atoms with Crippen molar-refractivity contribution in [3.05, 3.63) is 30.1 Å². The van der Waals surface area contributed by atoms with E-state index in [1.165, 1.54) is 0 Å². The molecule has 1 aromatic heterocycles. The maximum Gasteiger partial charge on any atom is 0.410 e. The number of nitrogens with zero attached hydrogens (tertiary/aromatic N) is 3. The lowest BCUT2D eigenvalue weighted by Gasteiger charge is -2.40. The first-order chi connectivity index (χ1) is 10.8. The van der Waals surface area contributed by atoms with Gasteiger partial charge in [0.15, 0.2) is 5.84 Å². The number of nitrogens with two attached hydrogens (primary N) is 1. The van der Waals surface area contributed by atoms with Gasteiger partial charge in [-0.2, -0.15) is 0 Å². The molecule has 1 fully saturated rings. The van der Waals surface area contributed by atoms with Gasteiger partial charge in [0.1, 0.15) is 5.60 Å². The van der Waals surface area contributed by atoms with E-state index in [9.17, 15) is 10.0 Å². The molecule has 1 saturated heterocycles. The second kappa shape index (κ2) is 6.44. The van der Waals surface area contributed by atoms with Gasteiger partial charge in [-0.05, 0) is 45.7 Å². The Labute approximate surface area is 136 Å². The Morgan fingerprint density at radius 2 is 2.04 bits per heavy atom. The van der Waals surface area contributed by atoms with Gasteiger partial charge in [-0.3, -0.25) is 4.98 Å². The number of amides is 1. The molecule has 2 heterocycles. The zero-order valence-electron chi connectivity index (χ0n) is 13.8. The summed E-state index contributed by atoms with van der Waals surface area (Å²) < 4.78 is 5.40. The molecule has 3 N–H and O–H groups in total. The molecule has 1 aliphatic heterocycles. The fourth-order valence-electron chi connectivity index (χ4n) is 2.78. The molecule has 1 aliphatic rings. The molecule has 1 aromatic rings. The van der Waals surface area contributed by atoms with E-state index in [0.29, 0.717) is 25.9 Å². The Morgan fingerprint density at radius 3 is 2.52 bits per heavy atom. The Hall–Kier alpha value is -2.31. The van der Waals surface area contributed by atoms with Gasteiger partial charge in [0.05, 0.1) is 11.1 Å². The minimum Gasteiger partial charge on any atom is -0.444 e. The van der Waals surface area contributed by atoms with Crippen LogP contribution in [0.15, 0.2) is 29.6 Å². The molecular weight excluding hydrogens is 296 g/mol. The molecule has 0 saturated carbocycles. The second-order valence-electron chi connectivity index (χ2n) is 6.75. The van der Waals surface area contributed by atoms with Gasteiger partial charge in [-0.1, -0.05) is 11.2 Å². The van der Waals surface area contributed by atoms with Crippen LogP contribution in [0.4, 0.5) is 4.79 Å². The van der Waals surface area contributed by atoms with Crippen LogP contribution in [-0.4, -0.2) is 45.7 Å². The molecule has 126 valence electrons. The van der Waals surface area contributed by atoms with Crippen molar-refractivity contribution in [3.8, 4) is 0 Å². The van der Waals surface area contributed by atoms with Crippen molar-refractivity contribution in [1.82, 2.24) is 9.88 Å². The minimum atomic E-state index is -0.658. The molecule has 0 aromatic carbocycles. The van der Waals surface area contributed by atoms with Gasteiger partial charge in [0.25, 0.3) is 0 Å². The number of pyridine rings is 1. The Balaban J connectivity index is 2.17. The van der Waals surface area contributed by atoms with Crippen molar-refractivity contribution < 1.29 is 14.7 Å². The smallest absolute Gasteiger partial charge is 0.410 e. The van der Waals surface area contributed by atoms with Crippen LogP contribution in [0.1, 0.15) is 39.3 Å². The second-order valence-corrected chi connectivity index (χ2v) is 6.75. The van der Waals surface area contributed by atoms with Crippen LogP contribution in [0.5, 0.6) is 0 Å². The highest BCUT2D eigenvalue weighted by Crippen LogP contribution is 2.35. The van der Waals surface area contributed by atoms with Crippen molar-refractivity contribution in [2.75, 3.05) is 13.1 Å². The topological polar surface area (TPSA) is 101 Å². The highest BCUT2D eigenvalue weighted by Gasteiger charge is 2.43. The molecule has 2 rings (SSSR count). The molecule has 0 bridgehead atoms. The van der Waals surface area contributed by atoms with Crippen molar-refractivity contribution >= 4 is 11.9 Å². The number of amidine groups is 1. The van der Waals surface area contributed by atoms with E-state index in [4.69, 9.17) is 10.5 Å². The summed E-state index contributed by atoms with van der Waals surface area (Å²) in [4.78, 5) is 18.2. The first-order valence-corrected chi connectivity index (χ1v) is 7.66. The van der Waals surface area contributed by atoms with Crippen molar-refractivity contribution in [3.63, 3.8) is 0 Å². The molecule has 0 radical (unpaired) electrons. The molecule has 0 unspecified atom stereocenters. The lowest BCUT2D eigenvalue weighted by molar-refractivity contribution is 0.0186. The van der Waals surface area contributed by atoms with Gasteiger partial charge in [0, 0.05) is 19.3 Å². The van der Waals surface area contributed by atoms with Crippen LogP contribution in [0.25, 0.3) is 0 Å². The van der Waals surface area contributed by atoms with E-state index in [-0.39, 0.29) is 11.9 Å². The predicted octanol–water partition coefficient (Wildman–Crippen LogP) is 2.10. The number of carbonyl (C=O) groups excluding carboxylic acids is 1. The number of carbonyl (C=O) groups is 1. The fraction of sp³-hybridized carbons (Fsp3) is 0.562. The summed E-state index contributed by atoms with van der Waals surface area (Å²) >= 11 is 0. The average molecular weight is 320 g/mol. The van der Waals surface area contributed by atoms with Crippen LogP contribution in [0.3, 0.4) is 0 Å². The number of likely N-dealkylation sites (tertiary alicyclic amines) is 1. The van der Waals surface area contributed by atoms with Gasteiger partial charge in [0.2, 0.25) is 0 Å². The molecular formula is C16H24N4O3. The average Bonchev–Trinajstić information content (AvgIpc) is 2.53. The van der Waals surface area contributed by atoms with E-state index in [1.807, 2.05) is 39.0 Å². The van der Waals surface area contributed by atoms with Crippen LogP contribution >= 0.6 is 0 Å². The van der Waals surface area contributed by atoms with Crippen LogP contribution in [0.2, 0.25) is 0 Å². The zero-order chi connectivity index (χ0) is 17.1. The van der Waals surface area contributed by atoms with Crippen molar-refractivity contribution in [2.24, 2.45) is 10.9 Å². The van der Waals surface area contributed by atoms with Gasteiger partial charge in [-0.15, -0.1) is 0 Å². The Kier molecular flexibility index (Phi) is 4.77. The monoisotopic (exact) mass is 320 g/mol. The maximum atomic E-state index is 12.2. The number of piperidine rings is 1. The highest BCUT2D eigenvalue weighted by molar-refractivity contribution is 5.91. The van der Waals surface area contributed by atoms with Crippen LogP contribution in [0, 0.1) is 0 Å². The standard InChI is InChI=1S/C16H24N4O3/c1-15(2,3)23-14(21)20-10-7-16(8-11-20,13(17)19-22)12-6-4-5-9-18-12/h4-6,9,22H,7-8,10-11H2,1-3H3,(H2,17,19). The molecule has 7 heteroatoms. The normalized spacial score (nSPS) is 18.6. The summed E-state index contributed by atoms with van der Waals surface area (Å²) in [5, 5.41) is 12.4. The molecule has 0 atom stereocenters. The van der Waals surface area contributed by atoms with E-state index >= 15 is 0 Å². The minimum absolute atomic E-state index is 0.125. The summed E-state index contributed by atoms with van der Waals surface area (Å²) in [6.45, 7) is 6.43. The maximum absolute atomic E-state index is 12.2. The molecule has 23 heavy (non-hydrogen) atoms. The molecule has 1 amide bonds. The Bertz CT molecular complexity index is 573. The number of rotatable bonds is 2. The lowest BCUT2D eigenvalue weighted by Crippen LogP contribution is -2.52. The van der Waals surface area contributed by atoms with Crippen LogP contribution < -0.4 is 5.73 Å². The largest absolute Gasteiger partial charge is 0.444 e. The molecule has 0 aliphatic carbocycles. The lowest BCUT2D eigenvalue weighted by atomic mass is 9.74. The quantitative estimate of drug-likeness (QED) is 0.376. The number of hydrogen-bond donors (Lipinski definition) is 2. The third kappa shape index (κ3) is 3.72. The number of aromatic nitrogens is 1. The van der Waals surface area contributed by atoms with Gasteiger partial charge < -0.3 is 20.6 Å². The zero-order valence-corrected chi connectivity index (χ0v) is 13.8. The summed E-state index contributed by atoms with van der Waals surface area (Å²) in [6.07, 6.45) is 2.40. The first kappa shape index (κ1) is 17.1. The van der Waals surface area contributed by atoms with Gasteiger partial charge in [-0.25, -0.2) is 4.79 Å². The Morgan fingerprint density at radius 1 is 1.39 bits per heavy atom. The summed E-state index contributed by atoms with van der Waals surface area (Å²) in [5.41, 5.74) is 5.52. The summed E-state index contributed by atoms with van der Waals surface area (Å²) in [6, 6.07) is 5.55. The summed E-state index contributed by atoms with van der Waals surface area (Å²) in [7, 11) is 0. The van der Waals surface area contributed by atoms with Gasteiger partial charge >= 0.3 is 6.09 Å². The predicted molar refractivity (Wildman–Crippen MR) is 86.4 cm³/mol. The third-order valence-corrected chi connectivity index (χ3v) is 4.02. The highest BCUT2D eigenvalue weighted by atomic mass is 16.6. The SMILES string of the molecule is CC(C)(C)OC(=O)N1CCC(/C(N)=N/O)(c2ccccn2)CC1. The van der Waals surface area contributed by atoms with Crippen molar-refractivity contribution in [2.45, 2.75) is 44.6 Å². The van der Waals surface area contributed by atoms with E-state index in [2.05, 4.69) is 10.1 Å². The van der Waals surface area contributed by atoms with E-state index in [0.717, 1.165) is 5.69 Å². The number of oxime groups is 1. The molecule has 7 nitrogen and oxygen atoms in total. The first-order valence-electron chi connectivity index (χ1n) is 7.66. The molecule has 0 spiro atoms. The van der Waals surface area contributed by atoms with Crippen LogP contribution in [-0.2, 0) is 10.2 Å². The summed E-state index contributed by atoms with van der Waals surface area (Å²) in [5.74, 6) is 0.125. The fourth-order valence-corrected chi connectivity index (χ4v) is 2.78. The van der Waals surface area contributed by atoms with E-state index < -0.39 is 11.0 Å².